The van der Waals surface area contributed by atoms with Gasteiger partial charge in [0.25, 0.3) is 11.8 Å². The Morgan fingerprint density at radius 3 is 2.31 bits per heavy atom. The number of nitrogens with one attached hydrogen (secondary N) is 3. The van der Waals surface area contributed by atoms with Crippen molar-refractivity contribution in [2.24, 2.45) is 0 Å². The lowest BCUT2D eigenvalue weighted by Crippen LogP contribution is -3.11. The van der Waals surface area contributed by atoms with E-state index in [2.05, 4.69) is 26.6 Å². The molecule has 5 nitrogen and oxygen atoms in total. The summed E-state index contributed by atoms with van der Waals surface area (Å²) >= 11 is 14.9. The van der Waals surface area contributed by atoms with Crippen molar-refractivity contribution in [3.05, 3.63) is 56.7 Å². The zero-order chi connectivity index (χ0) is 19.3. The Morgan fingerprint density at radius 2 is 1.69 bits per heavy atom. The number of hydrogen-bond donors (Lipinski definition) is 3. The molecule has 0 heterocycles. The van der Waals surface area contributed by atoms with Crippen molar-refractivity contribution in [2.45, 2.75) is 0 Å². The van der Waals surface area contributed by atoms with Gasteiger partial charge in [0.05, 0.1) is 22.8 Å². The topological polar surface area (TPSA) is 62.6 Å². The molecule has 26 heavy (non-hydrogen) atoms. The first kappa shape index (κ1) is 20.6. The minimum atomic E-state index is -0.539. The number of rotatable bonds is 6. The van der Waals surface area contributed by atoms with Gasteiger partial charge in [0.15, 0.2) is 13.1 Å². The predicted molar refractivity (Wildman–Crippen MR) is 104 cm³/mol. The van der Waals surface area contributed by atoms with Gasteiger partial charge in [-0.15, -0.1) is 0 Å². The van der Waals surface area contributed by atoms with Gasteiger partial charge in [0.2, 0.25) is 0 Å². The van der Waals surface area contributed by atoms with E-state index in [-0.39, 0.29) is 24.7 Å². The van der Waals surface area contributed by atoms with Gasteiger partial charge < -0.3 is 15.5 Å². The summed E-state index contributed by atoms with van der Waals surface area (Å²) in [6, 6.07) is 9.10. The van der Waals surface area contributed by atoms with E-state index < -0.39 is 11.7 Å². The SMILES string of the molecule is C[NH+](CC(=O)Nc1ccc(Cl)c(Cl)c1)CC(=O)Nc1ccc(Br)cc1F. The van der Waals surface area contributed by atoms with Crippen molar-refractivity contribution in [1.29, 1.82) is 0 Å². The van der Waals surface area contributed by atoms with Crippen molar-refractivity contribution in [1.82, 2.24) is 0 Å². The van der Waals surface area contributed by atoms with Crippen LogP contribution in [0, 0.1) is 5.82 Å². The quantitative estimate of drug-likeness (QED) is 0.616. The van der Waals surface area contributed by atoms with Gasteiger partial charge >= 0.3 is 0 Å². The highest BCUT2D eigenvalue weighted by molar-refractivity contribution is 9.10. The maximum Gasteiger partial charge on any atom is 0.279 e. The first-order valence-electron chi connectivity index (χ1n) is 7.55. The molecule has 0 fully saturated rings. The van der Waals surface area contributed by atoms with Crippen molar-refractivity contribution in [3.8, 4) is 0 Å². The van der Waals surface area contributed by atoms with E-state index in [1.807, 2.05) is 0 Å². The van der Waals surface area contributed by atoms with Gasteiger partial charge in [-0.1, -0.05) is 39.1 Å². The van der Waals surface area contributed by atoms with Crippen molar-refractivity contribution < 1.29 is 18.9 Å². The minimum absolute atomic E-state index is 0.00426. The third kappa shape index (κ3) is 6.25. The molecule has 1 atom stereocenters. The number of quaternary nitrogens is 1. The predicted octanol–water partition coefficient (Wildman–Crippen LogP) is 2.99. The standard InChI is InChI=1S/C17H15BrCl2FN3O2/c1-24(8-16(25)22-11-3-4-12(19)13(20)7-11)9-17(26)23-15-5-2-10(18)6-14(15)21/h2-7H,8-9H2,1H3,(H,22,25)(H,23,26)/p+1. The van der Waals surface area contributed by atoms with Crippen LogP contribution in [-0.2, 0) is 9.59 Å². The summed E-state index contributed by atoms with van der Waals surface area (Å²) in [4.78, 5) is 24.7. The second-order valence-electron chi connectivity index (χ2n) is 5.66. The van der Waals surface area contributed by atoms with E-state index in [4.69, 9.17) is 23.2 Å². The number of carbonyl (C=O) groups excluding carboxylic acids is 2. The van der Waals surface area contributed by atoms with Crippen molar-refractivity contribution in [2.75, 3.05) is 30.8 Å². The van der Waals surface area contributed by atoms with Crippen LogP contribution < -0.4 is 15.5 Å². The first-order chi connectivity index (χ1) is 12.2. The molecule has 0 saturated heterocycles. The van der Waals surface area contributed by atoms with Crippen LogP contribution in [0.25, 0.3) is 0 Å². The largest absolute Gasteiger partial charge is 0.322 e. The van der Waals surface area contributed by atoms with Crippen LogP contribution in [0.5, 0.6) is 0 Å². The van der Waals surface area contributed by atoms with Gasteiger partial charge in [0, 0.05) is 10.2 Å². The fourth-order valence-electron chi connectivity index (χ4n) is 2.17. The zero-order valence-electron chi connectivity index (χ0n) is 13.7. The Balaban J connectivity index is 1.84. The molecule has 1 unspecified atom stereocenters. The normalized spacial score (nSPS) is 11.7. The molecule has 3 N–H and O–H groups in total. The average Bonchev–Trinajstić information content (AvgIpc) is 2.53. The van der Waals surface area contributed by atoms with Gasteiger partial charge in [-0.05, 0) is 36.4 Å². The Bertz CT molecular complexity index is 836. The van der Waals surface area contributed by atoms with Gasteiger partial charge in [-0.25, -0.2) is 4.39 Å². The molecule has 2 aromatic rings. The molecule has 0 saturated carbocycles. The van der Waals surface area contributed by atoms with E-state index in [0.717, 1.165) is 0 Å². The maximum absolute atomic E-state index is 13.7. The lowest BCUT2D eigenvalue weighted by molar-refractivity contribution is -0.862. The zero-order valence-corrected chi connectivity index (χ0v) is 16.8. The molecule has 0 bridgehead atoms. The maximum atomic E-state index is 13.7. The Morgan fingerprint density at radius 1 is 1.04 bits per heavy atom. The molecule has 2 amide bonds. The minimum Gasteiger partial charge on any atom is -0.322 e. The van der Waals surface area contributed by atoms with Gasteiger partial charge in [-0.3, -0.25) is 9.59 Å². The monoisotopic (exact) mass is 462 g/mol. The number of likely N-dealkylation sites (N-methyl/N-ethyl adjacent to an activating group) is 1. The second-order valence-corrected chi connectivity index (χ2v) is 7.39. The number of anilines is 2. The summed E-state index contributed by atoms with van der Waals surface area (Å²) in [6.07, 6.45) is 0. The molecule has 0 spiro atoms. The molecule has 0 aromatic heterocycles. The molecule has 2 aromatic carbocycles. The Labute approximate surface area is 168 Å². The summed E-state index contributed by atoms with van der Waals surface area (Å²) in [5.41, 5.74) is 0.602. The fraction of sp³-hybridized carbons (Fsp3) is 0.176. The Hall–Kier alpha value is -1.67. The summed E-state index contributed by atoms with van der Waals surface area (Å²) in [5.74, 6) is -1.22. The van der Waals surface area contributed by atoms with Gasteiger partial charge in [-0.2, -0.15) is 0 Å². The van der Waals surface area contributed by atoms with Crippen molar-refractivity contribution in [3.63, 3.8) is 0 Å². The van der Waals surface area contributed by atoms with Crippen LogP contribution in [-0.4, -0.2) is 32.0 Å². The fourth-order valence-corrected chi connectivity index (χ4v) is 2.81. The van der Waals surface area contributed by atoms with E-state index in [1.54, 1.807) is 31.3 Å². The van der Waals surface area contributed by atoms with Crippen LogP contribution in [0.1, 0.15) is 0 Å². The van der Waals surface area contributed by atoms with Crippen LogP contribution in [0.3, 0.4) is 0 Å². The highest BCUT2D eigenvalue weighted by Gasteiger charge is 2.16. The van der Waals surface area contributed by atoms with Crippen LogP contribution in [0.4, 0.5) is 15.8 Å². The highest BCUT2D eigenvalue weighted by Crippen LogP contribution is 2.24. The molecule has 0 aliphatic heterocycles. The van der Waals surface area contributed by atoms with E-state index in [1.165, 1.54) is 12.1 Å². The van der Waals surface area contributed by atoms with E-state index in [0.29, 0.717) is 25.1 Å². The second kappa shape index (κ2) is 9.32. The molecule has 2 rings (SSSR count). The molecular weight excluding hydrogens is 448 g/mol. The summed E-state index contributed by atoms with van der Waals surface area (Å²) in [6.45, 7) is 0.0563. The molecule has 9 heteroatoms. The first-order valence-corrected chi connectivity index (χ1v) is 9.10. The molecule has 0 aliphatic carbocycles. The van der Waals surface area contributed by atoms with E-state index >= 15 is 0 Å². The smallest absolute Gasteiger partial charge is 0.279 e. The lowest BCUT2D eigenvalue weighted by atomic mass is 10.3. The number of benzene rings is 2. The number of carbonyl (C=O) groups is 2. The van der Waals surface area contributed by atoms with E-state index in [9.17, 15) is 14.0 Å². The molecular formula is C17H16BrCl2FN3O2+. The number of halogens is 4. The molecule has 138 valence electrons. The molecule has 0 radical (unpaired) electrons. The van der Waals surface area contributed by atoms with Crippen LogP contribution in [0.15, 0.2) is 40.9 Å². The summed E-state index contributed by atoms with van der Waals surface area (Å²) < 4.78 is 14.3. The van der Waals surface area contributed by atoms with Crippen LogP contribution in [0.2, 0.25) is 10.0 Å². The average molecular weight is 464 g/mol. The Kier molecular flexibility index (Phi) is 7.40. The molecule has 0 aliphatic rings. The number of amides is 2. The lowest BCUT2D eigenvalue weighted by Gasteiger charge is -2.14. The van der Waals surface area contributed by atoms with Crippen LogP contribution >= 0.6 is 39.1 Å². The van der Waals surface area contributed by atoms with Crippen molar-refractivity contribution >= 4 is 62.3 Å². The number of hydrogen-bond acceptors (Lipinski definition) is 2. The third-order valence-electron chi connectivity index (χ3n) is 3.33. The third-order valence-corrected chi connectivity index (χ3v) is 4.57. The van der Waals surface area contributed by atoms with Gasteiger partial charge in [0.1, 0.15) is 5.82 Å². The highest BCUT2D eigenvalue weighted by atomic mass is 79.9. The summed E-state index contributed by atoms with van der Waals surface area (Å²) in [7, 11) is 1.69. The summed E-state index contributed by atoms with van der Waals surface area (Å²) in [5, 5.41) is 5.89.